The van der Waals surface area contributed by atoms with E-state index in [1.165, 1.54) is 5.56 Å². The van der Waals surface area contributed by atoms with Crippen molar-refractivity contribution in [3.05, 3.63) is 58.6 Å². The Hall–Kier alpha value is -2.00. The van der Waals surface area contributed by atoms with E-state index in [9.17, 15) is 4.79 Å². The summed E-state index contributed by atoms with van der Waals surface area (Å²) in [6, 6.07) is 13.1. The van der Waals surface area contributed by atoms with Crippen LogP contribution in [-0.4, -0.2) is 5.91 Å². The number of fused-ring (bicyclic) bond motifs is 1. The monoisotopic (exact) mass is 286 g/mol. The van der Waals surface area contributed by atoms with Crippen LogP contribution in [0.15, 0.2) is 42.5 Å². The third-order valence-electron chi connectivity index (χ3n) is 3.54. The highest BCUT2D eigenvalue weighted by Gasteiger charge is 2.30. The SMILES string of the molecule is CCc1ccccc1NC1C(=O)Nc2ccc(Cl)cc21. The number of aryl methyl sites for hydroxylation is 1. The van der Waals surface area contributed by atoms with E-state index in [0.717, 1.165) is 23.4 Å². The summed E-state index contributed by atoms with van der Waals surface area (Å²) < 4.78 is 0. The third kappa shape index (κ3) is 2.25. The normalized spacial score (nSPS) is 16.7. The number of benzene rings is 2. The summed E-state index contributed by atoms with van der Waals surface area (Å²) >= 11 is 6.03. The Balaban J connectivity index is 1.96. The van der Waals surface area contributed by atoms with E-state index < -0.39 is 6.04 Å². The van der Waals surface area contributed by atoms with Crippen LogP contribution in [0.3, 0.4) is 0 Å². The molecule has 1 aliphatic heterocycles. The lowest BCUT2D eigenvalue weighted by atomic mass is 10.1. The van der Waals surface area contributed by atoms with Gasteiger partial charge in [0, 0.05) is 22.0 Å². The van der Waals surface area contributed by atoms with Crippen molar-refractivity contribution < 1.29 is 4.79 Å². The van der Waals surface area contributed by atoms with E-state index in [2.05, 4.69) is 23.6 Å². The number of halogens is 1. The molecule has 0 fully saturated rings. The lowest BCUT2D eigenvalue weighted by Crippen LogP contribution is -2.20. The summed E-state index contributed by atoms with van der Waals surface area (Å²) in [6.45, 7) is 2.10. The van der Waals surface area contributed by atoms with Crippen molar-refractivity contribution in [3.63, 3.8) is 0 Å². The molecular weight excluding hydrogens is 272 g/mol. The maximum atomic E-state index is 12.1. The second-order valence-corrected chi connectivity index (χ2v) is 5.25. The molecule has 0 bridgehead atoms. The molecule has 2 aromatic carbocycles. The number of carbonyl (C=O) groups excluding carboxylic acids is 1. The molecule has 3 rings (SSSR count). The van der Waals surface area contributed by atoms with Crippen molar-refractivity contribution in [1.82, 2.24) is 0 Å². The molecule has 1 heterocycles. The standard InChI is InChI=1S/C16H15ClN2O/c1-2-10-5-3-4-6-13(10)18-15-12-9-11(17)7-8-14(12)19-16(15)20/h3-9,15,18H,2H2,1H3,(H,19,20). The van der Waals surface area contributed by atoms with Crippen LogP contribution >= 0.6 is 11.6 Å². The molecule has 2 N–H and O–H groups in total. The molecule has 102 valence electrons. The minimum absolute atomic E-state index is 0.0480. The second-order valence-electron chi connectivity index (χ2n) is 4.81. The number of hydrogen-bond acceptors (Lipinski definition) is 2. The first kappa shape index (κ1) is 13.0. The maximum absolute atomic E-state index is 12.1. The quantitative estimate of drug-likeness (QED) is 0.895. The first-order valence-electron chi connectivity index (χ1n) is 6.64. The third-order valence-corrected chi connectivity index (χ3v) is 3.78. The molecule has 0 saturated carbocycles. The minimum Gasteiger partial charge on any atom is -0.370 e. The van der Waals surface area contributed by atoms with E-state index in [1.807, 2.05) is 30.3 Å². The van der Waals surface area contributed by atoms with Crippen molar-refractivity contribution in [2.75, 3.05) is 10.6 Å². The summed E-state index contributed by atoms with van der Waals surface area (Å²) in [7, 11) is 0. The molecule has 2 aromatic rings. The van der Waals surface area contributed by atoms with Gasteiger partial charge in [-0.05, 0) is 36.2 Å². The Morgan fingerprint density at radius 3 is 2.85 bits per heavy atom. The van der Waals surface area contributed by atoms with Crippen molar-refractivity contribution in [2.24, 2.45) is 0 Å². The van der Waals surface area contributed by atoms with E-state index >= 15 is 0 Å². The summed E-state index contributed by atoms with van der Waals surface area (Å²) in [5.74, 6) is -0.0480. The number of para-hydroxylation sites is 1. The number of nitrogens with one attached hydrogen (secondary N) is 2. The average molecular weight is 287 g/mol. The van der Waals surface area contributed by atoms with Gasteiger partial charge in [0.25, 0.3) is 5.91 Å². The summed E-state index contributed by atoms with van der Waals surface area (Å²) in [4.78, 5) is 12.1. The lowest BCUT2D eigenvalue weighted by molar-refractivity contribution is -0.116. The number of hydrogen-bond donors (Lipinski definition) is 2. The molecular formula is C16H15ClN2O. The molecule has 1 amide bonds. The highest BCUT2D eigenvalue weighted by atomic mass is 35.5. The van der Waals surface area contributed by atoms with Gasteiger partial charge in [0.1, 0.15) is 6.04 Å². The van der Waals surface area contributed by atoms with E-state index in [0.29, 0.717) is 5.02 Å². The predicted molar refractivity (Wildman–Crippen MR) is 82.3 cm³/mol. The zero-order valence-corrected chi connectivity index (χ0v) is 11.9. The second kappa shape index (κ2) is 5.17. The fraction of sp³-hybridized carbons (Fsp3) is 0.188. The molecule has 1 aliphatic rings. The molecule has 0 spiro atoms. The smallest absolute Gasteiger partial charge is 0.251 e. The predicted octanol–water partition coefficient (Wildman–Crippen LogP) is 4.01. The Labute approximate surface area is 123 Å². The fourth-order valence-electron chi connectivity index (χ4n) is 2.50. The Morgan fingerprint density at radius 1 is 1.25 bits per heavy atom. The molecule has 4 heteroatoms. The molecule has 0 aliphatic carbocycles. The first-order valence-corrected chi connectivity index (χ1v) is 7.01. The van der Waals surface area contributed by atoms with Gasteiger partial charge < -0.3 is 10.6 Å². The van der Waals surface area contributed by atoms with Gasteiger partial charge in [-0.2, -0.15) is 0 Å². The molecule has 1 unspecified atom stereocenters. The van der Waals surface area contributed by atoms with Crippen LogP contribution in [-0.2, 0) is 11.2 Å². The molecule has 0 aromatic heterocycles. The molecule has 1 atom stereocenters. The van der Waals surface area contributed by atoms with Gasteiger partial charge in [0.05, 0.1) is 0 Å². The van der Waals surface area contributed by atoms with Crippen LogP contribution < -0.4 is 10.6 Å². The van der Waals surface area contributed by atoms with Crippen LogP contribution in [0.25, 0.3) is 0 Å². The first-order chi connectivity index (χ1) is 9.69. The summed E-state index contributed by atoms with van der Waals surface area (Å²) in [6.07, 6.45) is 0.917. The van der Waals surface area contributed by atoms with E-state index in [-0.39, 0.29) is 5.91 Å². The highest BCUT2D eigenvalue weighted by Crippen LogP contribution is 2.35. The van der Waals surface area contributed by atoms with Crippen LogP contribution in [0.5, 0.6) is 0 Å². The molecule has 20 heavy (non-hydrogen) atoms. The topological polar surface area (TPSA) is 41.1 Å². The van der Waals surface area contributed by atoms with Gasteiger partial charge in [0.15, 0.2) is 0 Å². The van der Waals surface area contributed by atoms with Gasteiger partial charge in [-0.1, -0.05) is 36.7 Å². The molecule has 0 saturated heterocycles. The fourth-order valence-corrected chi connectivity index (χ4v) is 2.68. The van der Waals surface area contributed by atoms with Gasteiger partial charge >= 0.3 is 0 Å². The zero-order chi connectivity index (χ0) is 14.1. The van der Waals surface area contributed by atoms with Crippen molar-refractivity contribution in [3.8, 4) is 0 Å². The molecule has 0 radical (unpaired) electrons. The Kier molecular flexibility index (Phi) is 3.36. The zero-order valence-electron chi connectivity index (χ0n) is 11.1. The largest absolute Gasteiger partial charge is 0.370 e. The van der Waals surface area contributed by atoms with Gasteiger partial charge in [0.2, 0.25) is 0 Å². The van der Waals surface area contributed by atoms with E-state index in [4.69, 9.17) is 11.6 Å². The lowest BCUT2D eigenvalue weighted by Gasteiger charge is -2.16. The van der Waals surface area contributed by atoms with E-state index in [1.54, 1.807) is 6.07 Å². The Bertz CT molecular complexity index is 669. The van der Waals surface area contributed by atoms with Crippen LogP contribution in [0.1, 0.15) is 24.1 Å². The van der Waals surface area contributed by atoms with Crippen molar-refractivity contribution in [2.45, 2.75) is 19.4 Å². The number of anilines is 2. The average Bonchev–Trinajstić information content (AvgIpc) is 2.76. The summed E-state index contributed by atoms with van der Waals surface area (Å²) in [5.41, 5.74) is 3.90. The van der Waals surface area contributed by atoms with Crippen molar-refractivity contribution in [1.29, 1.82) is 0 Å². The van der Waals surface area contributed by atoms with Crippen LogP contribution in [0, 0.1) is 0 Å². The Morgan fingerprint density at radius 2 is 2.05 bits per heavy atom. The maximum Gasteiger partial charge on any atom is 0.251 e. The van der Waals surface area contributed by atoms with Crippen molar-refractivity contribution >= 4 is 28.9 Å². The van der Waals surface area contributed by atoms with Gasteiger partial charge in [-0.25, -0.2) is 0 Å². The number of carbonyl (C=O) groups is 1. The number of amides is 1. The van der Waals surface area contributed by atoms with Gasteiger partial charge in [-0.3, -0.25) is 4.79 Å². The number of rotatable bonds is 3. The van der Waals surface area contributed by atoms with Gasteiger partial charge in [-0.15, -0.1) is 0 Å². The highest BCUT2D eigenvalue weighted by molar-refractivity contribution is 6.31. The van der Waals surface area contributed by atoms with Crippen LogP contribution in [0.2, 0.25) is 5.02 Å². The van der Waals surface area contributed by atoms with Crippen LogP contribution in [0.4, 0.5) is 11.4 Å². The minimum atomic E-state index is -0.392. The summed E-state index contributed by atoms with van der Waals surface area (Å²) in [5, 5.41) is 6.83. The molecule has 3 nitrogen and oxygen atoms in total.